The summed E-state index contributed by atoms with van der Waals surface area (Å²) in [5.74, 6) is -0.202. The maximum atomic E-state index is 13.0. The highest BCUT2D eigenvalue weighted by Gasteiger charge is 2.06. The lowest BCUT2D eigenvalue weighted by molar-refractivity contribution is -0.119. The normalized spacial score (nSPS) is 10.5. The molecule has 0 aliphatic heterocycles. The van der Waals surface area contributed by atoms with Crippen molar-refractivity contribution in [2.24, 2.45) is 0 Å². The third-order valence-corrected chi connectivity index (χ3v) is 2.87. The van der Waals surface area contributed by atoms with Gasteiger partial charge in [-0.05, 0) is 40.0 Å². The molecule has 1 rings (SSSR count). The lowest BCUT2D eigenvalue weighted by Gasteiger charge is -2.03. The number of benzene rings is 1. The quantitative estimate of drug-likeness (QED) is 0.720. The number of carbonyl (C=O) groups is 1. The molecule has 0 radical (unpaired) electrons. The van der Waals surface area contributed by atoms with E-state index in [1.807, 2.05) is 6.92 Å². The van der Waals surface area contributed by atoms with E-state index in [0.29, 0.717) is 30.5 Å². The molecule has 0 saturated carbocycles. The molecule has 2 nitrogen and oxygen atoms in total. The number of rotatable bonds is 7. The first-order chi connectivity index (χ1) is 8.13. The van der Waals surface area contributed by atoms with Crippen LogP contribution in [0.1, 0.15) is 25.3 Å². The molecule has 0 N–H and O–H groups in total. The molecule has 0 amide bonds. The van der Waals surface area contributed by atoms with Gasteiger partial charge >= 0.3 is 0 Å². The van der Waals surface area contributed by atoms with Crippen LogP contribution in [0.15, 0.2) is 22.7 Å². The van der Waals surface area contributed by atoms with Crippen molar-refractivity contribution in [2.45, 2.75) is 26.2 Å². The zero-order valence-corrected chi connectivity index (χ0v) is 11.4. The van der Waals surface area contributed by atoms with E-state index in [-0.39, 0.29) is 11.6 Å². The molecule has 17 heavy (non-hydrogen) atoms. The minimum atomic E-state index is -0.313. The van der Waals surface area contributed by atoms with Crippen molar-refractivity contribution in [1.82, 2.24) is 0 Å². The van der Waals surface area contributed by atoms with Gasteiger partial charge in [0.1, 0.15) is 11.6 Å². The maximum Gasteiger partial charge on any atom is 0.139 e. The van der Waals surface area contributed by atoms with Gasteiger partial charge in [-0.3, -0.25) is 4.79 Å². The van der Waals surface area contributed by atoms with Gasteiger partial charge in [0.2, 0.25) is 0 Å². The molecule has 0 saturated heterocycles. The first-order valence-corrected chi connectivity index (χ1v) is 6.46. The van der Waals surface area contributed by atoms with Crippen molar-refractivity contribution >= 4 is 21.7 Å². The van der Waals surface area contributed by atoms with Crippen molar-refractivity contribution in [3.63, 3.8) is 0 Å². The predicted octanol–water partition coefficient (Wildman–Crippen LogP) is 3.52. The third kappa shape index (κ3) is 5.41. The number of hydrogen-bond acceptors (Lipinski definition) is 2. The monoisotopic (exact) mass is 302 g/mol. The van der Waals surface area contributed by atoms with Gasteiger partial charge in [-0.25, -0.2) is 4.39 Å². The highest BCUT2D eigenvalue weighted by Crippen LogP contribution is 2.17. The average molecular weight is 303 g/mol. The number of Topliss-reactive ketones (excluding diaryl/α,β-unsaturated/α-hetero) is 1. The van der Waals surface area contributed by atoms with Gasteiger partial charge in [-0.15, -0.1) is 0 Å². The van der Waals surface area contributed by atoms with Crippen LogP contribution in [0.5, 0.6) is 0 Å². The number of carbonyl (C=O) groups excluding carboxylic acids is 1. The lowest BCUT2D eigenvalue weighted by Crippen LogP contribution is -2.07. The second-order valence-corrected chi connectivity index (χ2v) is 4.68. The summed E-state index contributed by atoms with van der Waals surface area (Å²) in [5, 5.41) is 0. The summed E-state index contributed by atoms with van der Waals surface area (Å²) in [6, 6.07) is 4.63. The van der Waals surface area contributed by atoms with Crippen LogP contribution in [-0.4, -0.2) is 19.0 Å². The molecule has 0 spiro atoms. The van der Waals surface area contributed by atoms with E-state index < -0.39 is 0 Å². The molecule has 0 atom stereocenters. The van der Waals surface area contributed by atoms with Crippen molar-refractivity contribution in [1.29, 1.82) is 0 Å². The number of halogens is 2. The van der Waals surface area contributed by atoms with Gasteiger partial charge in [0.25, 0.3) is 0 Å². The van der Waals surface area contributed by atoms with E-state index in [0.717, 1.165) is 12.0 Å². The Kier molecular flexibility index (Phi) is 6.37. The molecule has 0 fully saturated rings. The van der Waals surface area contributed by atoms with Gasteiger partial charge < -0.3 is 4.74 Å². The van der Waals surface area contributed by atoms with Crippen molar-refractivity contribution in [2.75, 3.05) is 13.2 Å². The van der Waals surface area contributed by atoms with E-state index in [4.69, 9.17) is 4.74 Å². The van der Waals surface area contributed by atoms with E-state index in [1.165, 1.54) is 6.07 Å². The summed E-state index contributed by atoms with van der Waals surface area (Å²) in [5.41, 5.74) is 0.818. The minimum Gasteiger partial charge on any atom is -0.381 e. The van der Waals surface area contributed by atoms with Crippen LogP contribution >= 0.6 is 15.9 Å². The van der Waals surface area contributed by atoms with E-state index >= 15 is 0 Å². The summed E-state index contributed by atoms with van der Waals surface area (Å²) in [6.45, 7) is 3.18. The molecular formula is C13H16BrFO2. The van der Waals surface area contributed by atoms with Gasteiger partial charge in [0.05, 0.1) is 11.1 Å². The predicted molar refractivity (Wildman–Crippen MR) is 68.5 cm³/mol. The van der Waals surface area contributed by atoms with E-state index in [2.05, 4.69) is 15.9 Å². The average Bonchev–Trinajstić information content (AvgIpc) is 2.30. The summed E-state index contributed by atoms with van der Waals surface area (Å²) in [6.07, 6.45) is 1.70. The minimum absolute atomic E-state index is 0.111. The SMILES string of the molecule is CCCOCCC(=O)Cc1ccc(F)c(Br)c1. The van der Waals surface area contributed by atoms with Gasteiger partial charge in [0, 0.05) is 19.4 Å². The number of hydrogen-bond donors (Lipinski definition) is 0. The highest BCUT2D eigenvalue weighted by molar-refractivity contribution is 9.10. The summed E-state index contributed by atoms with van der Waals surface area (Å²) >= 11 is 3.10. The van der Waals surface area contributed by atoms with Crippen LogP contribution in [0.3, 0.4) is 0 Å². The molecule has 0 aliphatic carbocycles. The summed E-state index contributed by atoms with van der Waals surface area (Å²) < 4.78 is 18.6. The Labute approximate surface area is 109 Å². The van der Waals surface area contributed by atoms with Crippen LogP contribution in [0, 0.1) is 5.82 Å². The molecule has 0 heterocycles. The standard InChI is InChI=1S/C13H16BrFO2/c1-2-6-17-7-5-11(16)8-10-3-4-13(15)12(14)9-10/h3-4,9H,2,5-8H2,1H3. The molecular weight excluding hydrogens is 287 g/mol. The van der Waals surface area contributed by atoms with Crippen LogP contribution in [-0.2, 0) is 16.0 Å². The fourth-order valence-electron chi connectivity index (χ4n) is 1.40. The topological polar surface area (TPSA) is 26.3 Å². The second-order valence-electron chi connectivity index (χ2n) is 3.83. The van der Waals surface area contributed by atoms with Crippen molar-refractivity contribution in [3.8, 4) is 0 Å². The van der Waals surface area contributed by atoms with E-state index in [1.54, 1.807) is 12.1 Å². The number of ether oxygens (including phenoxy) is 1. The van der Waals surface area contributed by atoms with E-state index in [9.17, 15) is 9.18 Å². The molecule has 1 aromatic carbocycles. The Morgan fingerprint density at radius 1 is 1.41 bits per heavy atom. The molecule has 1 aromatic rings. The first-order valence-electron chi connectivity index (χ1n) is 5.67. The van der Waals surface area contributed by atoms with Gasteiger partial charge in [-0.2, -0.15) is 0 Å². The Morgan fingerprint density at radius 3 is 2.82 bits per heavy atom. The zero-order valence-electron chi connectivity index (χ0n) is 9.84. The molecule has 0 aromatic heterocycles. The Balaban J connectivity index is 2.37. The largest absolute Gasteiger partial charge is 0.381 e. The second kappa shape index (κ2) is 7.56. The van der Waals surface area contributed by atoms with Crippen molar-refractivity contribution in [3.05, 3.63) is 34.1 Å². The van der Waals surface area contributed by atoms with Gasteiger partial charge in [0.15, 0.2) is 0 Å². The van der Waals surface area contributed by atoms with Crippen LogP contribution < -0.4 is 0 Å². The molecule has 0 unspecified atom stereocenters. The lowest BCUT2D eigenvalue weighted by atomic mass is 10.1. The van der Waals surface area contributed by atoms with Crippen LogP contribution in [0.25, 0.3) is 0 Å². The summed E-state index contributed by atoms with van der Waals surface area (Å²) in [4.78, 5) is 11.6. The highest BCUT2D eigenvalue weighted by atomic mass is 79.9. The smallest absolute Gasteiger partial charge is 0.139 e. The Hall–Kier alpha value is -0.740. The molecule has 0 aliphatic rings. The van der Waals surface area contributed by atoms with Crippen molar-refractivity contribution < 1.29 is 13.9 Å². The molecule has 4 heteroatoms. The maximum absolute atomic E-state index is 13.0. The third-order valence-electron chi connectivity index (χ3n) is 2.26. The van der Waals surface area contributed by atoms with Gasteiger partial charge in [-0.1, -0.05) is 13.0 Å². The fourth-order valence-corrected chi connectivity index (χ4v) is 1.82. The summed E-state index contributed by atoms with van der Waals surface area (Å²) in [7, 11) is 0. The van der Waals surface area contributed by atoms with Crippen LogP contribution in [0.2, 0.25) is 0 Å². The fraction of sp³-hybridized carbons (Fsp3) is 0.462. The molecule has 94 valence electrons. The molecule has 0 bridgehead atoms. The van der Waals surface area contributed by atoms with Crippen LogP contribution in [0.4, 0.5) is 4.39 Å². The Morgan fingerprint density at radius 2 is 2.18 bits per heavy atom. The Bertz CT molecular complexity index is 380. The zero-order chi connectivity index (χ0) is 12.7. The first kappa shape index (κ1) is 14.3. The number of ketones is 1.